The molecule has 0 amide bonds. The lowest BCUT2D eigenvalue weighted by Crippen LogP contribution is -1.88. The van der Waals surface area contributed by atoms with Crippen LogP contribution in [0.1, 0.15) is 0 Å². The molecule has 0 spiro atoms. The maximum atomic E-state index is 7.34. The van der Waals surface area contributed by atoms with Gasteiger partial charge >= 0.3 is 0 Å². The maximum absolute atomic E-state index is 7.34. The number of nitrogens with one attached hydrogen (secondary N) is 2. The highest BCUT2D eigenvalue weighted by atomic mass is 14.9. The lowest BCUT2D eigenvalue weighted by molar-refractivity contribution is 1.47. The van der Waals surface area contributed by atoms with Crippen molar-refractivity contribution in [1.82, 2.24) is 5.73 Å². The van der Waals surface area contributed by atoms with Crippen LogP contribution in [0.3, 0.4) is 0 Å². The van der Waals surface area contributed by atoms with Gasteiger partial charge in [0.25, 0.3) is 0 Å². The molecule has 0 aliphatic carbocycles. The molecule has 2 aromatic carbocycles. The normalized spacial score (nSPS) is 9.71. The molecule has 2 nitrogen and oxygen atoms in total. The number of anilines is 2. The predicted octanol–water partition coefficient (Wildman–Crippen LogP) is 3.34. The molecule has 69 valence electrons. The highest BCUT2D eigenvalue weighted by Gasteiger charge is 1.92. The summed E-state index contributed by atoms with van der Waals surface area (Å²) < 4.78 is 0. The molecular weight excluding hydrogens is 172 g/mol. The van der Waals surface area contributed by atoms with Crippen LogP contribution in [0.2, 0.25) is 0 Å². The molecule has 14 heavy (non-hydrogen) atoms. The number of para-hydroxylation sites is 1. The van der Waals surface area contributed by atoms with Gasteiger partial charge in [0.05, 0.1) is 5.69 Å². The third-order valence-electron chi connectivity index (χ3n) is 1.95. The van der Waals surface area contributed by atoms with Crippen molar-refractivity contribution in [3.05, 3.63) is 54.6 Å². The molecular formula is C12H11N2. The Morgan fingerprint density at radius 3 is 1.93 bits per heavy atom. The van der Waals surface area contributed by atoms with Crippen LogP contribution in [-0.2, 0) is 0 Å². The van der Waals surface area contributed by atoms with E-state index < -0.39 is 0 Å². The van der Waals surface area contributed by atoms with Crippen LogP contribution in [0.25, 0.3) is 0 Å². The molecule has 2 heteroatoms. The Hall–Kier alpha value is -1.96. The average molecular weight is 183 g/mol. The van der Waals surface area contributed by atoms with Gasteiger partial charge in [-0.25, -0.2) is 0 Å². The summed E-state index contributed by atoms with van der Waals surface area (Å²) in [7, 11) is 0. The Kier molecular flexibility index (Phi) is 2.36. The second-order valence-corrected chi connectivity index (χ2v) is 3.07. The van der Waals surface area contributed by atoms with E-state index in [0.29, 0.717) is 5.69 Å². The van der Waals surface area contributed by atoms with Crippen molar-refractivity contribution in [2.45, 2.75) is 0 Å². The quantitative estimate of drug-likeness (QED) is 0.761. The largest absolute Gasteiger partial charge is 0.356 e. The molecule has 2 rings (SSSR count). The van der Waals surface area contributed by atoms with Gasteiger partial charge < -0.3 is 11.1 Å². The van der Waals surface area contributed by atoms with Crippen LogP contribution >= 0.6 is 0 Å². The third kappa shape index (κ3) is 2.04. The first-order chi connectivity index (χ1) is 6.84. The standard InChI is InChI=1S/C12H11N2/c13-10-6-8-12(9-7-10)14-11-4-2-1-3-5-11/h1-9,13-14H. The number of hydrogen-bond donors (Lipinski definition) is 1. The molecule has 1 radical (unpaired) electrons. The third-order valence-corrected chi connectivity index (χ3v) is 1.95. The van der Waals surface area contributed by atoms with Crippen molar-refractivity contribution >= 4 is 17.1 Å². The molecule has 2 N–H and O–H groups in total. The number of rotatable bonds is 2. The van der Waals surface area contributed by atoms with Gasteiger partial charge in [-0.05, 0) is 36.4 Å². The molecule has 2 aromatic rings. The average Bonchev–Trinajstić information content (AvgIpc) is 2.23. The summed E-state index contributed by atoms with van der Waals surface area (Å²) in [4.78, 5) is 0. The van der Waals surface area contributed by atoms with Crippen LogP contribution in [-0.4, -0.2) is 0 Å². The molecule has 0 aliphatic heterocycles. The summed E-state index contributed by atoms with van der Waals surface area (Å²) >= 11 is 0. The van der Waals surface area contributed by atoms with Gasteiger partial charge in [-0.3, -0.25) is 0 Å². The monoisotopic (exact) mass is 183 g/mol. The second kappa shape index (κ2) is 3.83. The molecule has 0 aliphatic rings. The van der Waals surface area contributed by atoms with Crippen LogP contribution in [0, 0.1) is 0 Å². The summed E-state index contributed by atoms with van der Waals surface area (Å²) in [6.45, 7) is 0. The van der Waals surface area contributed by atoms with Crippen molar-refractivity contribution in [2.75, 3.05) is 5.32 Å². The fraction of sp³-hybridized carbons (Fsp3) is 0. The van der Waals surface area contributed by atoms with Gasteiger partial charge in [0.1, 0.15) is 0 Å². The van der Waals surface area contributed by atoms with Crippen LogP contribution in [0.15, 0.2) is 54.6 Å². The minimum absolute atomic E-state index is 0.531. The zero-order valence-corrected chi connectivity index (χ0v) is 7.70. The first-order valence-corrected chi connectivity index (χ1v) is 4.48. The van der Waals surface area contributed by atoms with Gasteiger partial charge in [-0.2, -0.15) is 0 Å². The molecule has 0 saturated heterocycles. The highest BCUT2D eigenvalue weighted by molar-refractivity contribution is 5.60. The van der Waals surface area contributed by atoms with E-state index in [1.165, 1.54) is 0 Å². The fourth-order valence-electron chi connectivity index (χ4n) is 1.24. The number of hydrogen-bond acceptors (Lipinski definition) is 1. The summed E-state index contributed by atoms with van der Waals surface area (Å²) in [6.07, 6.45) is 0. The van der Waals surface area contributed by atoms with Crippen molar-refractivity contribution in [3.63, 3.8) is 0 Å². The van der Waals surface area contributed by atoms with Crippen molar-refractivity contribution in [2.24, 2.45) is 0 Å². The van der Waals surface area contributed by atoms with E-state index in [1.54, 1.807) is 12.1 Å². The molecule has 0 saturated carbocycles. The van der Waals surface area contributed by atoms with Gasteiger partial charge in [0.2, 0.25) is 0 Å². The molecule has 0 atom stereocenters. The summed E-state index contributed by atoms with van der Waals surface area (Å²) in [6, 6.07) is 17.3. The first-order valence-electron chi connectivity index (χ1n) is 4.48. The Balaban J connectivity index is 2.16. The topological polar surface area (TPSA) is 35.8 Å². The SMILES string of the molecule is [NH]c1ccc(Nc2ccccc2)cc1. The fourth-order valence-corrected chi connectivity index (χ4v) is 1.24. The Labute approximate surface area is 83.4 Å². The zero-order chi connectivity index (χ0) is 9.80. The van der Waals surface area contributed by atoms with E-state index in [9.17, 15) is 0 Å². The van der Waals surface area contributed by atoms with Crippen LogP contribution in [0.5, 0.6) is 0 Å². The van der Waals surface area contributed by atoms with Crippen LogP contribution in [0.4, 0.5) is 17.1 Å². The van der Waals surface area contributed by atoms with E-state index >= 15 is 0 Å². The van der Waals surface area contributed by atoms with Crippen molar-refractivity contribution < 1.29 is 0 Å². The molecule has 0 fully saturated rings. The molecule has 0 bridgehead atoms. The van der Waals surface area contributed by atoms with Gasteiger partial charge in [0, 0.05) is 11.4 Å². The van der Waals surface area contributed by atoms with Gasteiger partial charge in [-0.15, -0.1) is 0 Å². The predicted molar refractivity (Wildman–Crippen MR) is 58.9 cm³/mol. The lowest BCUT2D eigenvalue weighted by atomic mass is 10.2. The Morgan fingerprint density at radius 1 is 0.714 bits per heavy atom. The van der Waals surface area contributed by atoms with Gasteiger partial charge in [0.15, 0.2) is 0 Å². The van der Waals surface area contributed by atoms with E-state index in [2.05, 4.69) is 5.32 Å². The van der Waals surface area contributed by atoms with Crippen molar-refractivity contribution in [1.29, 1.82) is 0 Å². The zero-order valence-electron chi connectivity index (χ0n) is 7.70. The molecule has 0 heterocycles. The number of benzene rings is 2. The minimum atomic E-state index is 0.531. The van der Waals surface area contributed by atoms with Crippen molar-refractivity contribution in [3.8, 4) is 0 Å². The first kappa shape index (κ1) is 8.63. The van der Waals surface area contributed by atoms with E-state index in [0.717, 1.165) is 11.4 Å². The van der Waals surface area contributed by atoms with Gasteiger partial charge in [-0.1, -0.05) is 18.2 Å². The summed E-state index contributed by atoms with van der Waals surface area (Å²) in [5, 5.41) is 3.25. The van der Waals surface area contributed by atoms with E-state index in [-0.39, 0.29) is 0 Å². The Bertz CT molecular complexity index is 392. The van der Waals surface area contributed by atoms with E-state index in [4.69, 9.17) is 5.73 Å². The maximum Gasteiger partial charge on any atom is 0.0541 e. The van der Waals surface area contributed by atoms with Crippen LogP contribution < -0.4 is 11.1 Å². The minimum Gasteiger partial charge on any atom is -0.356 e. The second-order valence-electron chi connectivity index (χ2n) is 3.07. The lowest BCUT2D eigenvalue weighted by Gasteiger charge is -2.05. The Morgan fingerprint density at radius 2 is 1.29 bits per heavy atom. The summed E-state index contributed by atoms with van der Waals surface area (Å²) in [5.41, 5.74) is 9.94. The van der Waals surface area contributed by atoms with E-state index in [1.807, 2.05) is 42.5 Å². The molecule has 0 aromatic heterocycles. The highest BCUT2D eigenvalue weighted by Crippen LogP contribution is 2.17. The smallest absolute Gasteiger partial charge is 0.0541 e. The molecule has 0 unspecified atom stereocenters. The summed E-state index contributed by atoms with van der Waals surface area (Å²) in [5.74, 6) is 0.